The molecule has 1 fully saturated rings. The molecular formula is C14H18N2O5. The van der Waals surface area contributed by atoms with E-state index in [1.165, 1.54) is 38.2 Å². The Balaban J connectivity index is 1.96. The number of benzene rings is 1. The van der Waals surface area contributed by atoms with Crippen molar-refractivity contribution in [2.45, 2.75) is 12.8 Å². The van der Waals surface area contributed by atoms with Crippen molar-refractivity contribution in [1.82, 2.24) is 0 Å². The van der Waals surface area contributed by atoms with E-state index in [0.29, 0.717) is 19.1 Å². The molecule has 1 aromatic rings. The Hall–Kier alpha value is -2.15. The monoisotopic (exact) mass is 294 g/mol. The van der Waals surface area contributed by atoms with Crippen LogP contribution in [-0.4, -0.2) is 37.8 Å². The number of anilines is 1. The maximum Gasteiger partial charge on any atom is 0.337 e. The van der Waals surface area contributed by atoms with Crippen LogP contribution in [0.2, 0.25) is 0 Å². The van der Waals surface area contributed by atoms with Gasteiger partial charge in [-0.25, -0.2) is 4.79 Å². The Morgan fingerprint density at radius 1 is 1.48 bits per heavy atom. The van der Waals surface area contributed by atoms with E-state index in [1.807, 2.05) is 0 Å². The molecule has 1 aromatic carbocycles. The molecule has 0 aromatic heterocycles. The number of carbonyl (C=O) groups excluding carboxylic acids is 1. The quantitative estimate of drug-likeness (QED) is 0.342. The summed E-state index contributed by atoms with van der Waals surface area (Å²) < 4.78 is 10.1. The summed E-state index contributed by atoms with van der Waals surface area (Å²) in [5.41, 5.74) is 0.479. The number of hydrogen-bond acceptors (Lipinski definition) is 6. The predicted molar refractivity (Wildman–Crippen MR) is 76.5 cm³/mol. The molecule has 0 aliphatic heterocycles. The highest BCUT2D eigenvalue weighted by Gasteiger charge is 2.21. The van der Waals surface area contributed by atoms with Crippen molar-refractivity contribution in [2.75, 3.05) is 32.2 Å². The number of rotatable bonds is 8. The molecule has 1 aliphatic carbocycles. The van der Waals surface area contributed by atoms with Crippen molar-refractivity contribution in [2.24, 2.45) is 5.92 Å². The summed E-state index contributed by atoms with van der Waals surface area (Å²) >= 11 is 0. The average Bonchev–Trinajstić information content (AvgIpc) is 3.29. The molecule has 0 amide bonds. The van der Waals surface area contributed by atoms with Crippen molar-refractivity contribution in [3.05, 3.63) is 33.9 Å². The fraction of sp³-hybridized carbons (Fsp3) is 0.500. The van der Waals surface area contributed by atoms with Crippen LogP contribution < -0.4 is 5.32 Å². The standard InChI is InChI=1S/C14H18N2O5/c1-20-14(17)11-4-5-13(16(18)19)12(8-11)15-6-7-21-9-10-2-3-10/h4-5,8,10,15H,2-3,6-7,9H2,1H3. The molecule has 0 bridgehead atoms. The van der Waals surface area contributed by atoms with E-state index in [4.69, 9.17) is 4.74 Å². The zero-order valence-corrected chi connectivity index (χ0v) is 11.8. The van der Waals surface area contributed by atoms with Gasteiger partial charge in [0.1, 0.15) is 5.69 Å². The minimum Gasteiger partial charge on any atom is -0.465 e. The number of nitro groups is 1. The van der Waals surface area contributed by atoms with Crippen molar-refractivity contribution in [3.8, 4) is 0 Å². The van der Waals surface area contributed by atoms with Crippen LogP contribution in [0.1, 0.15) is 23.2 Å². The summed E-state index contributed by atoms with van der Waals surface area (Å²) in [6, 6.07) is 4.09. The molecule has 1 N–H and O–H groups in total. The number of nitro benzene ring substituents is 1. The molecule has 21 heavy (non-hydrogen) atoms. The van der Waals surface area contributed by atoms with Gasteiger partial charge in [-0.3, -0.25) is 10.1 Å². The fourth-order valence-corrected chi connectivity index (χ4v) is 1.87. The Labute approximate surface area is 122 Å². The molecule has 1 aliphatic rings. The second-order valence-electron chi connectivity index (χ2n) is 4.93. The zero-order chi connectivity index (χ0) is 15.2. The van der Waals surface area contributed by atoms with Crippen LogP contribution in [-0.2, 0) is 9.47 Å². The van der Waals surface area contributed by atoms with E-state index in [2.05, 4.69) is 10.1 Å². The van der Waals surface area contributed by atoms with Crippen molar-refractivity contribution >= 4 is 17.3 Å². The summed E-state index contributed by atoms with van der Waals surface area (Å²) in [6.07, 6.45) is 2.44. The van der Waals surface area contributed by atoms with Gasteiger partial charge in [0.2, 0.25) is 0 Å². The number of carbonyl (C=O) groups is 1. The maximum absolute atomic E-state index is 11.5. The van der Waals surface area contributed by atoms with Crippen molar-refractivity contribution in [1.29, 1.82) is 0 Å². The summed E-state index contributed by atoms with van der Waals surface area (Å²) in [5.74, 6) is 0.153. The van der Waals surface area contributed by atoms with Gasteiger partial charge in [0.05, 0.1) is 24.2 Å². The predicted octanol–water partition coefficient (Wildman–Crippen LogP) is 2.22. The van der Waals surface area contributed by atoms with Gasteiger partial charge in [0, 0.05) is 19.2 Å². The first-order valence-electron chi connectivity index (χ1n) is 6.80. The largest absolute Gasteiger partial charge is 0.465 e. The van der Waals surface area contributed by atoms with E-state index in [9.17, 15) is 14.9 Å². The number of hydrogen-bond donors (Lipinski definition) is 1. The molecule has 0 heterocycles. The van der Waals surface area contributed by atoms with Crippen molar-refractivity contribution in [3.63, 3.8) is 0 Å². The van der Waals surface area contributed by atoms with Gasteiger partial charge in [-0.1, -0.05) is 0 Å². The molecular weight excluding hydrogens is 276 g/mol. The van der Waals surface area contributed by atoms with Crippen LogP contribution in [0.5, 0.6) is 0 Å². The lowest BCUT2D eigenvalue weighted by Gasteiger charge is -2.09. The SMILES string of the molecule is COC(=O)c1ccc([N+](=O)[O-])c(NCCOCC2CC2)c1. The maximum atomic E-state index is 11.5. The number of methoxy groups -OCH3 is 1. The van der Waals surface area contributed by atoms with E-state index in [-0.39, 0.29) is 16.9 Å². The summed E-state index contributed by atoms with van der Waals surface area (Å²) in [7, 11) is 1.27. The third-order valence-corrected chi connectivity index (χ3v) is 3.23. The second kappa shape index (κ2) is 7.03. The van der Waals surface area contributed by atoms with E-state index < -0.39 is 10.9 Å². The first kappa shape index (κ1) is 15.2. The molecule has 7 heteroatoms. The normalized spacial score (nSPS) is 13.8. The van der Waals surface area contributed by atoms with E-state index >= 15 is 0 Å². The third-order valence-electron chi connectivity index (χ3n) is 3.23. The van der Waals surface area contributed by atoms with Gasteiger partial charge >= 0.3 is 5.97 Å². The second-order valence-corrected chi connectivity index (χ2v) is 4.93. The Morgan fingerprint density at radius 3 is 2.86 bits per heavy atom. The molecule has 114 valence electrons. The van der Waals surface area contributed by atoms with Gasteiger partial charge in [-0.15, -0.1) is 0 Å². The summed E-state index contributed by atoms with van der Waals surface area (Å²) in [4.78, 5) is 21.9. The minimum absolute atomic E-state index is 0.0788. The highest BCUT2D eigenvalue weighted by Crippen LogP contribution is 2.29. The topological polar surface area (TPSA) is 90.7 Å². The van der Waals surface area contributed by atoms with Crippen LogP contribution in [0.25, 0.3) is 0 Å². The molecule has 0 atom stereocenters. The van der Waals surface area contributed by atoms with Crippen LogP contribution in [0, 0.1) is 16.0 Å². The van der Waals surface area contributed by atoms with Crippen LogP contribution >= 0.6 is 0 Å². The average molecular weight is 294 g/mol. The molecule has 7 nitrogen and oxygen atoms in total. The van der Waals surface area contributed by atoms with Gasteiger partial charge in [0.25, 0.3) is 5.69 Å². The number of esters is 1. The number of nitrogens with one attached hydrogen (secondary N) is 1. The first-order chi connectivity index (χ1) is 10.1. The molecule has 0 saturated heterocycles. The smallest absolute Gasteiger partial charge is 0.337 e. The Bertz CT molecular complexity index is 528. The van der Waals surface area contributed by atoms with Gasteiger partial charge in [-0.05, 0) is 30.9 Å². The minimum atomic E-state index is -0.530. The van der Waals surface area contributed by atoms with Crippen LogP contribution in [0.15, 0.2) is 18.2 Å². The lowest BCUT2D eigenvalue weighted by Crippen LogP contribution is -2.12. The zero-order valence-electron chi connectivity index (χ0n) is 11.8. The highest BCUT2D eigenvalue weighted by molar-refractivity contribution is 5.91. The molecule has 0 radical (unpaired) electrons. The van der Waals surface area contributed by atoms with Gasteiger partial charge < -0.3 is 14.8 Å². The Kier molecular flexibility index (Phi) is 5.10. The molecule has 1 saturated carbocycles. The molecule has 2 rings (SSSR count). The molecule has 0 spiro atoms. The summed E-state index contributed by atoms with van der Waals surface area (Å²) in [6.45, 7) is 1.65. The third kappa shape index (κ3) is 4.42. The van der Waals surface area contributed by atoms with Gasteiger partial charge in [0.15, 0.2) is 0 Å². The number of nitrogens with zero attached hydrogens (tertiary/aromatic N) is 1. The fourth-order valence-electron chi connectivity index (χ4n) is 1.87. The summed E-state index contributed by atoms with van der Waals surface area (Å²) in [5, 5.41) is 13.9. The van der Waals surface area contributed by atoms with E-state index in [1.54, 1.807) is 0 Å². The van der Waals surface area contributed by atoms with Crippen molar-refractivity contribution < 1.29 is 19.2 Å². The van der Waals surface area contributed by atoms with Gasteiger partial charge in [-0.2, -0.15) is 0 Å². The van der Waals surface area contributed by atoms with E-state index in [0.717, 1.165) is 6.61 Å². The lowest BCUT2D eigenvalue weighted by molar-refractivity contribution is -0.384. The first-order valence-corrected chi connectivity index (χ1v) is 6.80. The Morgan fingerprint density at radius 2 is 2.24 bits per heavy atom. The number of ether oxygens (including phenoxy) is 2. The lowest BCUT2D eigenvalue weighted by atomic mass is 10.1. The highest BCUT2D eigenvalue weighted by atomic mass is 16.6. The molecule has 0 unspecified atom stereocenters. The van der Waals surface area contributed by atoms with Crippen LogP contribution in [0.3, 0.4) is 0 Å². The van der Waals surface area contributed by atoms with Crippen LogP contribution in [0.4, 0.5) is 11.4 Å².